The summed E-state index contributed by atoms with van der Waals surface area (Å²) in [4.78, 5) is 0. The summed E-state index contributed by atoms with van der Waals surface area (Å²) in [5, 5.41) is 3.38. The molecule has 0 aromatic rings. The van der Waals surface area contributed by atoms with Crippen molar-refractivity contribution in [1.29, 1.82) is 0 Å². The van der Waals surface area contributed by atoms with E-state index in [1.165, 1.54) is 51.4 Å². The second-order valence-electron chi connectivity index (χ2n) is 4.65. The standard InChI is InChI=1S/C13H27NO/c1-3-4-5-8-11-15-13-10-7-6-9-12(13)14-2/h12-14H,3-11H2,1-2H3. The van der Waals surface area contributed by atoms with E-state index < -0.39 is 0 Å². The molecule has 90 valence electrons. The maximum atomic E-state index is 5.97. The van der Waals surface area contributed by atoms with Gasteiger partial charge in [0, 0.05) is 12.6 Å². The SMILES string of the molecule is CCCCCCOC1CCCCC1NC. The monoisotopic (exact) mass is 213 g/mol. The average molecular weight is 213 g/mol. The Morgan fingerprint density at radius 2 is 1.93 bits per heavy atom. The fourth-order valence-electron chi connectivity index (χ4n) is 2.39. The van der Waals surface area contributed by atoms with Crippen LogP contribution in [-0.4, -0.2) is 25.8 Å². The minimum atomic E-state index is 0.477. The third kappa shape index (κ3) is 4.98. The number of likely N-dealkylation sites (N-methyl/N-ethyl adjacent to an activating group) is 1. The Hall–Kier alpha value is -0.0800. The number of nitrogens with one attached hydrogen (secondary N) is 1. The van der Waals surface area contributed by atoms with Gasteiger partial charge in [0.1, 0.15) is 0 Å². The normalized spacial score (nSPS) is 26.8. The molecule has 0 aliphatic heterocycles. The van der Waals surface area contributed by atoms with Crippen LogP contribution in [0, 0.1) is 0 Å². The minimum absolute atomic E-state index is 0.477. The molecule has 2 heteroatoms. The van der Waals surface area contributed by atoms with Gasteiger partial charge in [-0.05, 0) is 26.3 Å². The quantitative estimate of drug-likeness (QED) is 0.656. The lowest BCUT2D eigenvalue weighted by Gasteiger charge is -2.31. The van der Waals surface area contributed by atoms with Crippen LogP contribution in [0.1, 0.15) is 58.3 Å². The van der Waals surface area contributed by atoms with E-state index in [2.05, 4.69) is 19.3 Å². The van der Waals surface area contributed by atoms with Gasteiger partial charge >= 0.3 is 0 Å². The first kappa shape index (κ1) is 13.0. The van der Waals surface area contributed by atoms with Gasteiger partial charge < -0.3 is 10.1 Å². The van der Waals surface area contributed by atoms with Crippen LogP contribution in [-0.2, 0) is 4.74 Å². The van der Waals surface area contributed by atoms with Crippen molar-refractivity contribution in [3.05, 3.63) is 0 Å². The fourth-order valence-corrected chi connectivity index (χ4v) is 2.39. The van der Waals surface area contributed by atoms with Crippen molar-refractivity contribution >= 4 is 0 Å². The summed E-state index contributed by atoms with van der Waals surface area (Å²) < 4.78 is 5.97. The highest BCUT2D eigenvalue weighted by Gasteiger charge is 2.23. The summed E-state index contributed by atoms with van der Waals surface area (Å²) in [7, 11) is 2.06. The lowest BCUT2D eigenvalue weighted by molar-refractivity contribution is 0.00535. The first-order chi connectivity index (χ1) is 7.38. The molecular weight excluding hydrogens is 186 g/mol. The second-order valence-corrected chi connectivity index (χ2v) is 4.65. The molecule has 1 N–H and O–H groups in total. The molecule has 1 aliphatic carbocycles. The molecule has 1 saturated carbocycles. The highest BCUT2D eigenvalue weighted by atomic mass is 16.5. The van der Waals surface area contributed by atoms with E-state index in [1.807, 2.05) is 0 Å². The third-order valence-electron chi connectivity index (χ3n) is 3.40. The molecule has 0 spiro atoms. The minimum Gasteiger partial charge on any atom is -0.377 e. The van der Waals surface area contributed by atoms with Crippen LogP contribution in [0.15, 0.2) is 0 Å². The summed E-state index contributed by atoms with van der Waals surface area (Å²) in [6, 6.07) is 0.602. The largest absolute Gasteiger partial charge is 0.377 e. The van der Waals surface area contributed by atoms with Crippen LogP contribution in [0.4, 0.5) is 0 Å². The van der Waals surface area contributed by atoms with Gasteiger partial charge in [0.2, 0.25) is 0 Å². The van der Waals surface area contributed by atoms with E-state index in [9.17, 15) is 0 Å². The maximum Gasteiger partial charge on any atom is 0.0727 e. The van der Waals surface area contributed by atoms with Crippen LogP contribution in [0.5, 0.6) is 0 Å². The zero-order chi connectivity index (χ0) is 10.9. The number of hydrogen-bond acceptors (Lipinski definition) is 2. The molecule has 0 saturated heterocycles. The first-order valence-electron chi connectivity index (χ1n) is 6.67. The van der Waals surface area contributed by atoms with Crippen molar-refractivity contribution in [3.8, 4) is 0 Å². The van der Waals surface area contributed by atoms with Gasteiger partial charge in [0.05, 0.1) is 6.10 Å². The van der Waals surface area contributed by atoms with Gasteiger partial charge in [0.25, 0.3) is 0 Å². The summed E-state index contributed by atoms with van der Waals surface area (Å²) >= 11 is 0. The predicted molar refractivity (Wildman–Crippen MR) is 65.2 cm³/mol. The molecule has 0 bridgehead atoms. The smallest absolute Gasteiger partial charge is 0.0727 e. The summed E-state index contributed by atoms with van der Waals surface area (Å²) in [6.07, 6.45) is 10.9. The topological polar surface area (TPSA) is 21.3 Å². The summed E-state index contributed by atoms with van der Waals surface area (Å²) in [6.45, 7) is 3.21. The Kier molecular flexibility index (Phi) is 7.03. The molecule has 15 heavy (non-hydrogen) atoms. The van der Waals surface area contributed by atoms with Crippen molar-refractivity contribution in [2.75, 3.05) is 13.7 Å². The van der Waals surface area contributed by atoms with Gasteiger partial charge in [-0.3, -0.25) is 0 Å². The Labute approximate surface area is 94.8 Å². The van der Waals surface area contributed by atoms with E-state index in [-0.39, 0.29) is 0 Å². The van der Waals surface area contributed by atoms with Crippen LogP contribution in [0.3, 0.4) is 0 Å². The third-order valence-corrected chi connectivity index (χ3v) is 3.40. The molecule has 0 amide bonds. The van der Waals surface area contributed by atoms with E-state index in [1.54, 1.807) is 0 Å². The summed E-state index contributed by atoms with van der Waals surface area (Å²) in [5.41, 5.74) is 0. The molecular formula is C13H27NO. The van der Waals surface area contributed by atoms with Gasteiger partial charge in [-0.25, -0.2) is 0 Å². The van der Waals surface area contributed by atoms with E-state index in [0.29, 0.717) is 12.1 Å². The number of ether oxygens (including phenoxy) is 1. The lowest BCUT2D eigenvalue weighted by atomic mass is 9.92. The van der Waals surface area contributed by atoms with Crippen molar-refractivity contribution in [2.24, 2.45) is 0 Å². The summed E-state index contributed by atoms with van der Waals surface area (Å²) in [5.74, 6) is 0. The highest BCUT2D eigenvalue weighted by molar-refractivity contribution is 4.80. The van der Waals surface area contributed by atoms with Gasteiger partial charge in [-0.2, -0.15) is 0 Å². The van der Waals surface area contributed by atoms with E-state index in [4.69, 9.17) is 4.74 Å². The second kappa shape index (κ2) is 8.12. The molecule has 0 radical (unpaired) electrons. The van der Waals surface area contributed by atoms with Crippen LogP contribution < -0.4 is 5.32 Å². The highest BCUT2D eigenvalue weighted by Crippen LogP contribution is 2.21. The van der Waals surface area contributed by atoms with Gasteiger partial charge in [0.15, 0.2) is 0 Å². The molecule has 1 fully saturated rings. The van der Waals surface area contributed by atoms with E-state index in [0.717, 1.165) is 6.61 Å². The molecule has 2 nitrogen and oxygen atoms in total. The molecule has 1 rings (SSSR count). The number of rotatable bonds is 7. The Morgan fingerprint density at radius 3 is 2.67 bits per heavy atom. The first-order valence-corrected chi connectivity index (χ1v) is 6.67. The predicted octanol–water partition coefficient (Wildman–Crippen LogP) is 3.11. The van der Waals surface area contributed by atoms with Crippen LogP contribution >= 0.6 is 0 Å². The van der Waals surface area contributed by atoms with E-state index >= 15 is 0 Å². The van der Waals surface area contributed by atoms with Crippen LogP contribution in [0.25, 0.3) is 0 Å². The molecule has 1 aliphatic rings. The number of hydrogen-bond donors (Lipinski definition) is 1. The Bertz CT molecular complexity index is 149. The number of unbranched alkanes of at least 4 members (excludes halogenated alkanes) is 3. The Morgan fingerprint density at radius 1 is 1.13 bits per heavy atom. The van der Waals surface area contributed by atoms with Gasteiger partial charge in [-0.15, -0.1) is 0 Å². The van der Waals surface area contributed by atoms with Crippen molar-refractivity contribution in [1.82, 2.24) is 5.32 Å². The zero-order valence-corrected chi connectivity index (χ0v) is 10.4. The van der Waals surface area contributed by atoms with Crippen LogP contribution in [0.2, 0.25) is 0 Å². The van der Waals surface area contributed by atoms with Crippen molar-refractivity contribution in [3.63, 3.8) is 0 Å². The molecule has 2 atom stereocenters. The van der Waals surface area contributed by atoms with Crippen molar-refractivity contribution in [2.45, 2.75) is 70.4 Å². The zero-order valence-electron chi connectivity index (χ0n) is 10.4. The maximum absolute atomic E-state index is 5.97. The van der Waals surface area contributed by atoms with Crippen molar-refractivity contribution < 1.29 is 4.74 Å². The Balaban J connectivity index is 2.07. The molecule has 2 unspecified atom stereocenters. The molecule has 0 aromatic carbocycles. The fraction of sp³-hybridized carbons (Fsp3) is 1.00. The lowest BCUT2D eigenvalue weighted by Crippen LogP contribution is -2.41. The molecule has 0 heterocycles. The van der Waals surface area contributed by atoms with Gasteiger partial charge in [-0.1, -0.05) is 39.0 Å². The molecule has 0 aromatic heterocycles. The average Bonchev–Trinajstić information content (AvgIpc) is 2.29.